The molecule has 0 N–H and O–H groups in total. The van der Waals surface area contributed by atoms with Crippen molar-refractivity contribution in [2.45, 2.75) is 33.4 Å². The molecule has 0 radical (unpaired) electrons. The highest BCUT2D eigenvalue weighted by atomic mass is 31.1. The van der Waals surface area contributed by atoms with Crippen molar-refractivity contribution in [1.82, 2.24) is 0 Å². The van der Waals surface area contributed by atoms with Gasteiger partial charge in [-0.25, -0.2) is 0 Å². The summed E-state index contributed by atoms with van der Waals surface area (Å²) in [5.74, 6) is 0. The standard InChI is InChI=1S/C18H23O2P/c1-14-11-15(2)18(16(3)12-14)13-21(19)20-10-9-17-7-5-4-6-8-17/h4-8,11-12,21H,9-10,13H2,1-3H3. The molecule has 2 nitrogen and oxygen atoms in total. The number of benzene rings is 2. The van der Waals surface area contributed by atoms with Crippen molar-refractivity contribution >= 4 is 8.03 Å². The summed E-state index contributed by atoms with van der Waals surface area (Å²) in [6, 6.07) is 14.4. The van der Waals surface area contributed by atoms with E-state index in [2.05, 4.69) is 45.0 Å². The van der Waals surface area contributed by atoms with Gasteiger partial charge in [0, 0.05) is 6.16 Å². The molecule has 0 spiro atoms. The minimum atomic E-state index is -2.02. The van der Waals surface area contributed by atoms with Crippen LogP contribution >= 0.6 is 8.03 Å². The van der Waals surface area contributed by atoms with Crippen LogP contribution in [-0.4, -0.2) is 6.61 Å². The maximum atomic E-state index is 12.2. The maximum Gasteiger partial charge on any atom is 0.195 e. The van der Waals surface area contributed by atoms with E-state index in [1.54, 1.807) is 0 Å². The molecule has 0 heterocycles. The molecule has 0 aliphatic heterocycles. The maximum absolute atomic E-state index is 12.2. The second-order valence-corrected chi connectivity index (χ2v) is 6.90. The smallest absolute Gasteiger partial charge is 0.195 e. The molecule has 2 aromatic carbocycles. The highest BCUT2D eigenvalue weighted by Crippen LogP contribution is 2.31. The van der Waals surface area contributed by atoms with Gasteiger partial charge in [0.25, 0.3) is 0 Å². The Kier molecular flexibility index (Phi) is 5.78. The zero-order valence-electron chi connectivity index (χ0n) is 13.0. The van der Waals surface area contributed by atoms with E-state index in [-0.39, 0.29) is 0 Å². The molecule has 0 amide bonds. The van der Waals surface area contributed by atoms with E-state index in [0.717, 1.165) is 6.42 Å². The van der Waals surface area contributed by atoms with Gasteiger partial charge in [-0.15, -0.1) is 0 Å². The Morgan fingerprint density at radius 2 is 1.62 bits per heavy atom. The summed E-state index contributed by atoms with van der Waals surface area (Å²) in [6.07, 6.45) is 1.35. The molecule has 2 rings (SSSR count). The molecule has 0 aliphatic carbocycles. The largest absolute Gasteiger partial charge is 0.330 e. The van der Waals surface area contributed by atoms with Crippen molar-refractivity contribution < 1.29 is 9.09 Å². The quantitative estimate of drug-likeness (QED) is 0.713. The second kappa shape index (κ2) is 7.59. The zero-order chi connectivity index (χ0) is 15.2. The van der Waals surface area contributed by atoms with Crippen LogP contribution in [0.5, 0.6) is 0 Å². The van der Waals surface area contributed by atoms with E-state index in [4.69, 9.17) is 4.52 Å². The van der Waals surface area contributed by atoms with Crippen LogP contribution in [0, 0.1) is 20.8 Å². The van der Waals surface area contributed by atoms with Gasteiger partial charge in [0.05, 0.1) is 6.61 Å². The van der Waals surface area contributed by atoms with Crippen LogP contribution < -0.4 is 0 Å². The third-order valence-corrected chi connectivity index (χ3v) is 4.83. The summed E-state index contributed by atoms with van der Waals surface area (Å²) in [5.41, 5.74) is 6.05. The molecule has 0 fully saturated rings. The number of aryl methyl sites for hydroxylation is 3. The molecule has 112 valence electrons. The van der Waals surface area contributed by atoms with Crippen LogP contribution in [0.3, 0.4) is 0 Å². The van der Waals surface area contributed by atoms with Crippen molar-refractivity contribution in [2.75, 3.05) is 6.61 Å². The Morgan fingerprint density at radius 1 is 1.00 bits per heavy atom. The molecule has 21 heavy (non-hydrogen) atoms. The van der Waals surface area contributed by atoms with Crippen LogP contribution in [-0.2, 0) is 21.7 Å². The average molecular weight is 302 g/mol. The molecule has 0 saturated heterocycles. The van der Waals surface area contributed by atoms with Gasteiger partial charge in [0.1, 0.15) is 0 Å². The zero-order valence-corrected chi connectivity index (χ0v) is 14.0. The van der Waals surface area contributed by atoms with E-state index in [1.807, 2.05) is 18.2 Å². The Labute approximate surface area is 128 Å². The number of rotatable bonds is 6. The van der Waals surface area contributed by atoms with Gasteiger partial charge in [-0.05, 0) is 49.4 Å². The highest BCUT2D eigenvalue weighted by Gasteiger charge is 2.08. The topological polar surface area (TPSA) is 26.3 Å². The molecule has 0 aliphatic rings. The normalized spacial score (nSPS) is 12.3. The van der Waals surface area contributed by atoms with Crippen LogP contribution in [0.2, 0.25) is 0 Å². The van der Waals surface area contributed by atoms with Crippen molar-refractivity contribution in [1.29, 1.82) is 0 Å². The highest BCUT2D eigenvalue weighted by molar-refractivity contribution is 7.38. The summed E-state index contributed by atoms with van der Waals surface area (Å²) in [5, 5.41) is 0. The summed E-state index contributed by atoms with van der Waals surface area (Å²) in [4.78, 5) is 0. The van der Waals surface area contributed by atoms with E-state index in [0.29, 0.717) is 12.8 Å². The first-order valence-electron chi connectivity index (χ1n) is 7.32. The predicted octanol–water partition coefficient (Wildman–Crippen LogP) is 4.85. The number of hydrogen-bond acceptors (Lipinski definition) is 2. The second-order valence-electron chi connectivity index (χ2n) is 5.51. The van der Waals surface area contributed by atoms with Crippen LogP contribution in [0.1, 0.15) is 27.8 Å². The summed E-state index contributed by atoms with van der Waals surface area (Å²) < 4.78 is 17.7. The van der Waals surface area contributed by atoms with Gasteiger partial charge in [-0.2, -0.15) is 0 Å². The van der Waals surface area contributed by atoms with E-state index in [9.17, 15) is 4.57 Å². The third kappa shape index (κ3) is 4.84. The van der Waals surface area contributed by atoms with Crippen molar-refractivity contribution in [3.8, 4) is 0 Å². The molecular weight excluding hydrogens is 279 g/mol. The molecule has 0 aromatic heterocycles. The number of hydrogen-bond donors (Lipinski definition) is 0. The summed E-state index contributed by atoms with van der Waals surface area (Å²) >= 11 is 0. The molecule has 0 bridgehead atoms. The third-order valence-electron chi connectivity index (χ3n) is 3.66. The van der Waals surface area contributed by atoms with Crippen molar-refractivity contribution in [2.24, 2.45) is 0 Å². The lowest BCUT2D eigenvalue weighted by Crippen LogP contribution is -1.96. The van der Waals surface area contributed by atoms with E-state index >= 15 is 0 Å². The van der Waals surface area contributed by atoms with Gasteiger partial charge in [-0.3, -0.25) is 4.57 Å². The molecule has 3 heteroatoms. The SMILES string of the molecule is Cc1cc(C)c(C[PH](=O)OCCc2ccccc2)c(C)c1. The monoisotopic (exact) mass is 302 g/mol. The lowest BCUT2D eigenvalue weighted by molar-refractivity contribution is 0.332. The average Bonchev–Trinajstić information content (AvgIpc) is 2.44. The fraction of sp³-hybridized carbons (Fsp3) is 0.333. The Hall–Kier alpha value is -1.37. The van der Waals surface area contributed by atoms with Gasteiger partial charge >= 0.3 is 0 Å². The van der Waals surface area contributed by atoms with Crippen LogP contribution in [0.4, 0.5) is 0 Å². The lowest BCUT2D eigenvalue weighted by Gasteiger charge is -2.11. The van der Waals surface area contributed by atoms with Crippen molar-refractivity contribution in [3.63, 3.8) is 0 Å². The first-order valence-corrected chi connectivity index (χ1v) is 8.85. The lowest BCUT2D eigenvalue weighted by atomic mass is 10.0. The predicted molar refractivity (Wildman–Crippen MR) is 89.5 cm³/mol. The molecular formula is C18H23O2P. The van der Waals surface area contributed by atoms with E-state index in [1.165, 1.54) is 27.8 Å². The first kappa shape index (κ1) is 16.0. The fourth-order valence-electron chi connectivity index (χ4n) is 2.61. The van der Waals surface area contributed by atoms with Crippen molar-refractivity contribution in [3.05, 3.63) is 70.3 Å². The first-order chi connectivity index (χ1) is 10.1. The van der Waals surface area contributed by atoms with Gasteiger partial charge in [0.15, 0.2) is 8.03 Å². The molecule has 1 unspecified atom stereocenters. The summed E-state index contributed by atoms with van der Waals surface area (Å²) in [7, 11) is -2.02. The Balaban J connectivity index is 1.88. The minimum Gasteiger partial charge on any atom is -0.330 e. The van der Waals surface area contributed by atoms with Gasteiger partial charge < -0.3 is 4.52 Å². The van der Waals surface area contributed by atoms with Crippen LogP contribution in [0.25, 0.3) is 0 Å². The molecule has 2 aromatic rings. The van der Waals surface area contributed by atoms with Gasteiger partial charge in [0.2, 0.25) is 0 Å². The minimum absolute atomic E-state index is 0.520. The fourth-order valence-corrected chi connectivity index (χ4v) is 3.89. The molecule has 1 atom stereocenters. The molecule has 0 saturated carbocycles. The Bertz CT molecular complexity index is 597. The van der Waals surface area contributed by atoms with Gasteiger partial charge in [-0.1, -0.05) is 48.0 Å². The van der Waals surface area contributed by atoms with E-state index < -0.39 is 8.03 Å². The van der Waals surface area contributed by atoms with Crippen LogP contribution in [0.15, 0.2) is 42.5 Å². The summed E-state index contributed by atoms with van der Waals surface area (Å²) in [6.45, 7) is 6.76. The Morgan fingerprint density at radius 3 is 2.24 bits per heavy atom.